The summed E-state index contributed by atoms with van der Waals surface area (Å²) in [5.41, 5.74) is 1.94. The van der Waals surface area contributed by atoms with Gasteiger partial charge in [0.1, 0.15) is 12.4 Å². The molecule has 2 aromatic heterocycles. The normalized spacial score (nSPS) is 19.1. The third-order valence-corrected chi connectivity index (χ3v) is 2.24. The van der Waals surface area contributed by atoms with E-state index in [2.05, 4.69) is 25.5 Å². The van der Waals surface area contributed by atoms with Crippen LogP contribution in [0.3, 0.4) is 0 Å². The molecule has 3 rings (SSSR count). The minimum atomic E-state index is 0.174. The van der Waals surface area contributed by atoms with Gasteiger partial charge < -0.3 is 4.74 Å². The summed E-state index contributed by atoms with van der Waals surface area (Å²) in [6, 6.07) is 0. The molecule has 3 heterocycles. The molecule has 7 heteroatoms. The zero-order valence-electron chi connectivity index (χ0n) is 8.03. The standard InChI is InChI=1S/C8H8N6O/c1-5-6(7-3-15-7)2-9-8(11-5)14-4-10-12-13-14/h2,4,7H,3H2,1H3/t7-/m1/s1. The summed E-state index contributed by atoms with van der Waals surface area (Å²) in [6.45, 7) is 2.68. The lowest BCUT2D eigenvalue weighted by atomic mass is 10.2. The average Bonchev–Trinajstić information content (AvgIpc) is 2.93. The van der Waals surface area contributed by atoms with Crippen LogP contribution in [0.2, 0.25) is 0 Å². The molecule has 1 aliphatic rings. The van der Waals surface area contributed by atoms with Crippen molar-refractivity contribution in [1.82, 2.24) is 30.2 Å². The van der Waals surface area contributed by atoms with Gasteiger partial charge in [0.25, 0.3) is 5.95 Å². The van der Waals surface area contributed by atoms with Crippen molar-refractivity contribution in [3.05, 3.63) is 23.8 Å². The molecule has 1 saturated heterocycles. The highest BCUT2D eigenvalue weighted by Crippen LogP contribution is 2.30. The van der Waals surface area contributed by atoms with Crippen LogP contribution < -0.4 is 0 Å². The summed E-state index contributed by atoms with van der Waals surface area (Å²) in [7, 11) is 0. The Hall–Kier alpha value is -1.89. The fraction of sp³-hybridized carbons (Fsp3) is 0.375. The second-order valence-electron chi connectivity index (χ2n) is 3.29. The van der Waals surface area contributed by atoms with Gasteiger partial charge >= 0.3 is 0 Å². The Morgan fingerprint density at radius 3 is 3.00 bits per heavy atom. The first-order valence-corrected chi connectivity index (χ1v) is 4.53. The summed E-state index contributed by atoms with van der Waals surface area (Å²) in [5, 5.41) is 10.8. The molecule has 0 aliphatic carbocycles. The number of nitrogens with zero attached hydrogens (tertiary/aromatic N) is 6. The third kappa shape index (κ3) is 1.46. The molecule has 0 bridgehead atoms. The van der Waals surface area contributed by atoms with E-state index in [0.717, 1.165) is 17.9 Å². The molecule has 1 atom stereocenters. The molecule has 0 N–H and O–H groups in total. The molecule has 0 radical (unpaired) electrons. The van der Waals surface area contributed by atoms with Crippen LogP contribution in [-0.2, 0) is 4.74 Å². The van der Waals surface area contributed by atoms with Crippen molar-refractivity contribution in [2.75, 3.05) is 6.61 Å². The van der Waals surface area contributed by atoms with Crippen molar-refractivity contribution in [2.45, 2.75) is 13.0 Å². The minimum absolute atomic E-state index is 0.174. The molecule has 76 valence electrons. The molecule has 1 fully saturated rings. The van der Waals surface area contributed by atoms with Crippen LogP contribution in [0, 0.1) is 6.92 Å². The van der Waals surface area contributed by atoms with E-state index >= 15 is 0 Å². The van der Waals surface area contributed by atoms with Crippen LogP contribution in [0.25, 0.3) is 5.95 Å². The van der Waals surface area contributed by atoms with Gasteiger partial charge in [0.15, 0.2) is 0 Å². The molecule has 0 spiro atoms. The van der Waals surface area contributed by atoms with E-state index in [1.165, 1.54) is 11.0 Å². The fourth-order valence-corrected chi connectivity index (χ4v) is 1.37. The van der Waals surface area contributed by atoms with Crippen LogP contribution in [0.4, 0.5) is 0 Å². The summed E-state index contributed by atoms with van der Waals surface area (Å²) in [6.07, 6.45) is 3.40. The number of rotatable bonds is 2. The van der Waals surface area contributed by atoms with Gasteiger partial charge in [-0.3, -0.25) is 0 Å². The number of aryl methyl sites for hydroxylation is 1. The molecule has 15 heavy (non-hydrogen) atoms. The Bertz CT molecular complexity index is 478. The Morgan fingerprint density at radius 2 is 2.40 bits per heavy atom. The minimum Gasteiger partial charge on any atom is -0.368 e. The van der Waals surface area contributed by atoms with Gasteiger partial charge in [0.2, 0.25) is 0 Å². The molecule has 0 saturated carbocycles. The number of tetrazole rings is 1. The lowest BCUT2D eigenvalue weighted by Crippen LogP contribution is -2.05. The Morgan fingerprint density at radius 1 is 1.53 bits per heavy atom. The highest BCUT2D eigenvalue weighted by molar-refractivity contribution is 5.25. The van der Waals surface area contributed by atoms with Crippen molar-refractivity contribution < 1.29 is 4.74 Å². The van der Waals surface area contributed by atoms with Gasteiger partial charge in [0, 0.05) is 17.5 Å². The smallest absolute Gasteiger partial charge is 0.253 e. The number of hydrogen-bond donors (Lipinski definition) is 0. The molecule has 2 aromatic rings. The molecule has 0 aromatic carbocycles. The first kappa shape index (κ1) is 8.42. The molecular formula is C8H8N6O. The molecule has 7 nitrogen and oxygen atoms in total. The molecule has 0 unspecified atom stereocenters. The number of ether oxygens (including phenoxy) is 1. The van der Waals surface area contributed by atoms with Gasteiger partial charge in [-0.2, -0.15) is 4.68 Å². The number of epoxide rings is 1. The first-order chi connectivity index (χ1) is 7.34. The maximum atomic E-state index is 5.18. The average molecular weight is 204 g/mol. The van der Waals surface area contributed by atoms with E-state index in [4.69, 9.17) is 4.74 Å². The topological polar surface area (TPSA) is 81.9 Å². The van der Waals surface area contributed by atoms with E-state index in [9.17, 15) is 0 Å². The molecular weight excluding hydrogens is 196 g/mol. The van der Waals surface area contributed by atoms with Crippen molar-refractivity contribution in [3.8, 4) is 5.95 Å². The Labute approximate surface area is 85.1 Å². The predicted molar refractivity (Wildman–Crippen MR) is 48.2 cm³/mol. The van der Waals surface area contributed by atoms with Crippen molar-refractivity contribution in [1.29, 1.82) is 0 Å². The lowest BCUT2D eigenvalue weighted by molar-refractivity contribution is 0.413. The molecule has 1 aliphatic heterocycles. The summed E-state index contributed by atoms with van der Waals surface area (Å²) < 4.78 is 6.60. The van der Waals surface area contributed by atoms with Gasteiger partial charge in [-0.05, 0) is 17.4 Å². The van der Waals surface area contributed by atoms with Crippen LogP contribution in [-0.4, -0.2) is 36.8 Å². The maximum absolute atomic E-state index is 5.18. The van der Waals surface area contributed by atoms with Crippen LogP contribution in [0.5, 0.6) is 0 Å². The van der Waals surface area contributed by atoms with Gasteiger partial charge in [-0.1, -0.05) is 0 Å². The zero-order valence-corrected chi connectivity index (χ0v) is 8.03. The number of aromatic nitrogens is 6. The SMILES string of the molecule is Cc1nc(-n2cnnn2)ncc1[C@H]1CO1. The quantitative estimate of drug-likeness (QED) is 0.632. The third-order valence-electron chi connectivity index (χ3n) is 2.24. The van der Waals surface area contributed by atoms with Crippen molar-refractivity contribution in [3.63, 3.8) is 0 Å². The van der Waals surface area contributed by atoms with Crippen LogP contribution in [0.15, 0.2) is 12.5 Å². The maximum Gasteiger partial charge on any atom is 0.253 e. The lowest BCUT2D eigenvalue weighted by Gasteiger charge is -2.02. The second-order valence-corrected chi connectivity index (χ2v) is 3.29. The van der Waals surface area contributed by atoms with Gasteiger partial charge in [-0.15, -0.1) is 5.10 Å². The van der Waals surface area contributed by atoms with E-state index in [1.54, 1.807) is 6.20 Å². The van der Waals surface area contributed by atoms with E-state index < -0.39 is 0 Å². The summed E-state index contributed by atoms with van der Waals surface area (Å²) in [4.78, 5) is 8.48. The first-order valence-electron chi connectivity index (χ1n) is 4.53. The van der Waals surface area contributed by atoms with Crippen LogP contribution >= 0.6 is 0 Å². The Balaban J connectivity index is 2.01. The van der Waals surface area contributed by atoms with E-state index in [0.29, 0.717) is 5.95 Å². The van der Waals surface area contributed by atoms with E-state index in [1.807, 2.05) is 6.92 Å². The summed E-state index contributed by atoms with van der Waals surface area (Å²) >= 11 is 0. The van der Waals surface area contributed by atoms with Gasteiger partial charge in [0.05, 0.1) is 6.61 Å². The highest BCUT2D eigenvalue weighted by atomic mass is 16.6. The van der Waals surface area contributed by atoms with Gasteiger partial charge in [-0.25, -0.2) is 9.97 Å². The predicted octanol–water partition coefficient (Wildman–Crippen LogP) is -0.168. The zero-order chi connectivity index (χ0) is 10.3. The summed E-state index contributed by atoms with van der Waals surface area (Å²) in [5.74, 6) is 0.474. The largest absolute Gasteiger partial charge is 0.368 e. The number of hydrogen-bond acceptors (Lipinski definition) is 6. The Kier molecular flexibility index (Phi) is 1.72. The van der Waals surface area contributed by atoms with E-state index in [-0.39, 0.29) is 6.10 Å². The molecule has 0 amide bonds. The van der Waals surface area contributed by atoms with Crippen molar-refractivity contribution in [2.24, 2.45) is 0 Å². The second kappa shape index (κ2) is 3.06. The monoisotopic (exact) mass is 204 g/mol. The highest BCUT2D eigenvalue weighted by Gasteiger charge is 2.27. The van der Waals surface area contributed by atoms with Crippen LogP contribution in [0.1, 0.15) is 17.4 Å². The van der Waals surface area contributed by atoms with Crippen molar-refractivity contribution >= 4 is 0 Å². The fourth-order valence-electron chi connectivity index (χ4n) is 1.37.